The average Bonchev–Trinajstić information content (AvgIpc) is 3.32. The van der Waals surface area contributed by atoms with E-state index >= 15 is 0 Å². The topological polar surface area (TPSA) is 79.7 Å². The van der Waals surface area contributed by atoms with Crippen LogP contribution in [0.15, 0.2) is 29.5 Å². The maximum atomic E-state index is 13.5. The van der Waals surface area contributed by atoms with Gasteiger partial charge in [-0.25, -0.2) is 19.4 Å². The van der Waals surface area contributed by atoms with E-state index in [1.165, 1.54) is 12.4 Å². The highest BCUT2D eigenvalue weighted by Gasteiger charge is 2.26. The van der Waals surface area contributed by atoms with Gasteiger partial charge >= 0.3 is 0 Å². The van der Waals surface area contributed by atoms with Gasteiger partial charge in [0.25, 0.3) is 5.91 Å². The number of aryl methyl sites for hydroxylation is 1. The summed E-state index contributed by atoms with van der Waals surface area (Å²) in [4.78, 5) is 27.7. The molecule has 1 N–H and O–H groups in total. The fourth-order valence-corrected chi connectivity index (χ4v) is 3.53. The van der Waals surface area contributed by atoms with Crippen molar-refractivity contribution < 1.29 is 13.9 Å². The maximum absolute atomic E-state index is 13.5. The lowest BCUT2D eigenvalue weighted by molar-refractivity contribution is -0.115. The van der Waals surface area contributed by atoms with E-state index in [9.17, 15) is 9.18 Å². The predicted octanol–water partition coefficient (Wildman–Crippen LogP) is 2.62. The van der Waals surface area contributed by atoms with Crippen LogP contribution in [0.5, 0.6) is 0 Å². The standard InChI is InChI=1S/C20H22FN5O2/c1-12-18(24-13(2)20(27)25-16-6-8-28-10-16)19(23-11-22-12)26-7-5-14-9-15(21)3-4-17(14)26/h3-4,9,11,16H,5-8,10H2,1-2H3,(H,25,27). The zero-order chi connectivity index (χ0) is 19.7. The fourth-order valence-electron chi connectivity index (χ4n) is 3.53. The number of anilines is 2. The van der Waals surface area contributed by atoms with E-state index < -0.39 is 0 Å². The molecule has 4 rings (SSSR count). The first-order valence-corrected chi connectivity index (χ1v) is 9.34. The van der Waals surface area contributed by atoms with Crippen LogP contribution < -0.4 is 10.2 Å². The number of benzene rings is 1. The number of nitrogens with one attached hydrogen (secondary N) is 1. The molecule has 146 valence electrons. The van der Waals surface area contributed by atoms with E-state index in [1.54, 1.807) is 19.1 Å². The van der Waals surface area contributed by atoms with Crippen LogP contribution in [-0.4, -0.2) is 47.4 Å². The van der Waals surface area contributed by atoms with Gasteiger partial charge in [-0.3, -0.25) is 4.79 Å². The molecule has 2 aliphatic heterocycles. The molecular formula is C20H22FN5O2. The first kappa shape index (κ1) is 18.5. The van der Waals surface area contributed by atoms with Gasteiger partial charge in [-0.15, -0.1) is 0 Å². The Labute approximate surface area is 162 Å². The molecule has 1 fully saturated rings. The van der Waals surface area contributed by atoms with Gasteiger partial charge in [-0.2, -0.15) is 0 Å². The van der Waals surface area contributed by atoms with Crippen LogP contribution in [0.2, 0.25) is 0 Å². The molecule has 0 aliphatic carbocycles. The minimum Gasteiger partial charge on any atom is -0.379 e. The highest BCUT2D eigenvalue weighted by Crippen LogP contribution is 2.39. The van der Waals surface area contributed by atoms with Crippen LogP contribution >= 0.6 is 0 Å². The van der Waals surface area contributed by atoms with E-state index in [0.29, 0.717) is 42.7 Å². The van der Waals surface area contributed by atoms with Crippen molar-refractivity contribution in [3.63, 3.8) is 0 Å². The first-order chi connectivity index (χ1) is 13.5. The minimum absolute atomic E-state index is 0.0191. The van der Waals surface area contributed by atoms with E-state index in [0.717, 1.165) is 24.1 Å². The number of fused-ring (bicyclic) bond motifs is 1. The lowest BCUT2D eigenvalue weighted by atomic mass is 10.1. The number of halogens is 1. The molecule has 1 unspecified atom stereocenters. The van der Waals surface area contributed by atoms with Crippen LogP contribution in [-0.2, 0) is 16.0 Å². The number of aromatic nitrogens is 2. The summed E-state index contributed by atoms with van der Waals surface area (Å²) < 4.78 is 18.8. The average molecular weight is 383 g/mol. The molecule has 1 amide bonds. The van der Waals surface area contributed by atoms with Gasteiger partial charge in [0.2, 0.25) is 0 Å². The molecule has 1 saturated heterocycles. The highest BCUT2D eigenvalue weighted by molar-refractivity contribution is 6.38. The molecule has 1 aromatic carbocycles. The molecule has 0 saturated carbocycles. The Morgan fingerprint density at radius 2 is 2.25 bits per heavy atom. The lowest BCUT2D eigenvalue weighted by Crippen LogP contribution is -2.38. The Kier molecular flexibility index (Phi) is 5.04. The monoisotopic (exact) mass is 383 g/mol. The number of rotatable bonds is 4. The predicted molar refractivity (Wildman–Crippen MR) is 104 cm³/mol. The molecule has 2 aliphatic rings. The maximum Gasteiger partial charge on any atom is 0.265 e. The Morgan fingerprint density at radius 1 is 1.39 bits per heavy atom. The summed E-state index contributed by atoms with van der Waals surface area (Å²) in [7, 11) is 0. The molecule has 0 bridgehead atoms. The SMILES string of the molecule is CC(=Nc1c(C)ncnc1N1CCc2cc(F)ccc21)C(=O)NC1CCOC1. The van der Waals surface area contributed by atoms with E-state index in [-0.39, 0.29) is 17.8 Å². The summed E-state index contributed by atoms with van der Waals surface area (Å²) in [6.07, 6.45) is 3.01. The molecule has 0 radical (unpaired) electrons. The van der Waals surface area contributed by atoms with Crippen LogP contribution in [0.4, 0.5) is 21.6 Å². The smallest absolute Gasteiger partial charge is 0.265 e. The van der Waals surface area contributed by atoms with Gasteiger partial charge in [0, 0.05) is 18.8 Å². The second-order valence-electron chi connectivity index (χ2n) is 7.04. The zero-order valence-electron chi connectivity index (χ0n) is 15.9. The molecule has 0 spiro atoms. The van der Waals surface area contributed by atoms with Gasteiger partial charge < -0.3 is 15.0 Å². The first-order valence-electron chi connectivity index (χ1n) is 9.34. The van der Waals surface area contributed by atoms with Crippen molar-refractivity contribution in [2.24, 2.45) is 4.99 Å². The van der Waals surface area contributed by atoms with Gasteiger partial charge in [-0.05, 0) is 50.5 Å². The summed E-state index contributed by atoms with van der Waals surface area (Å²) in [5.74, 6) is 0.143. The number of hydrogen-bond donors (Lipinski definition) is 1. The summed E-state index contributed by atoms with van der Waals surface area (Å²) in [6.45, 7) is 5.36. The number of carbonyl (C=O) groups excluding carboxylic acids is 1. The van der Waals surface area contributed by atoms with E-state index in [1.807, 2.05) is 11.8 Å². The molecule has 3 heterocycles. The third-order valence-electron chi connectivity index (χ3n) is 5.05. The van der Waals surface area contributed by atoms with Crippen molar-refractivity contribution in [2.45, 2.75) is 32.7 Å². The fraction of sp³-hybridized carbons (Fsp3) is 0.400. The number of nitrogens with zero attached hydrogens (tertiary/aromatic N) is 4. The van der Waals surface area contributed by atoms with Crippen LogP contribution in [0.25, 0.3) is 0 Å². The van der Waals surface area contributed by atoms with E-state index in [4.69, 9.17) is 4.74 Å². The Balaban J connectivity index is 1.65. The summed E-state index contributed by atoms with van der Waals surface area (Å²) in [5.41, 5.74) is 3.40. The van der Waals surface area contributed by atoms with Crippen molar-refractivity contribution in [1.82, 2.24) is 15.3 Å². The van der Waals surface area contributed by atoms with Gasteiger partial charge in [-0.1, -0.05) is 0 Å². The van der Waals surface area contributed by atoms with Crippen molar-refractivity contribution in [3.8, 4) is 0 Å². The highest BCUT2D eigenvalue weighted by atomic mass is 19.1. The van der Waals surface area contributed by atoms with Crippen LogP contribution in [0, 0.1) is 12.7 Å². The normalized spacial score (nSPS) is 19.0. The number of aliphatic imine (C=N–C) groups is 1. The molecule has 8 heteroatoms. The number of carbonyl (C=O) groups is 1. The van der Waals surface area contributed by atoms with Gasteiger partial charge in [0.1, 0.15) is 23.5 Å². The Hall–Kier alpha value is -2.87. The van der Waals surface area contributed by atoms with Crippen LogP contribution in [0.1, 0.15) is 24.6 Å². The molecule has 2 aromatic rings. The number of hydrogen-bond acceptors (Lipinski definition) is 6. The summed E-state index contributed by atoms with van der Waals surface area (Å²) >= 11 is 0. The van der Waals surface area contributed by atoms with Crippen molar-refractivity contribution >= 4 is 28.8 Å². The second-order valence-corrected chi connectivity index (χ2v) is 7.04. The molecular weight excluding hydrogens is 361 g/mol. The molecule has 28 heavy (non-hydrogen) atoms. The molecule has 1 atom stereocenters. The molecule has 1 aromatic heterocycles. The van der Waals surface area contributed by atoms with E-state index in [2.05, 4.69) is 20.3 Å². The summed E-state index contributed by atoms with van der Waals surface area (Å²) in [6, 6.07) is 4.76. The third-order valence-corrected chi connectivity index (χ3v) is 5.05. The van der Waals surface area contributed by atoms with Gasteiger partial charge in [0.05, 0.1) is 18.3 Å². The number of amides is 1. The van der Waals surface area contributed by atoms with Crippen molar-refractivity contribution in [2.75, 3.05) is 24.7 Å². The zero-order valence-corrected chi connectivity index (χ0v) is 15.9. The van der Waals surface area contributed by atoms with Crippen LogP contribution in [0.3, 0.4) is 0 Å². The Morgan fingerprint density at radius 3 is 3.04 bits per heavy atom. The lowest BCUT2D eigenvalue weighted by Gasteiger charge is -2.21. The van der Waals surface area contributed by atoms with Crippen molar-refractivity contribution in [3.05, 3.63) is 41.6 Å². The summed E-state index contributed by atoms with van der Waals surface area (Å²) in [5, 5.41) is 2.94. The van der Waals surface area contributed by atoms with Gasteiger partial charge in [0.15, 0.2) is 5.82 Å². The largest absolute Gasteiger partial charge is 0.379 e. The quantitative estimate of drug-likeness (QED) is 0.821. The third kappa shape index (κ3) is 3.60. The van der Waals surface area contributed by atoms with Crippen molar-refractivity contribution in [1.29, 1.82) is 0 Å². The minimum atomic E-state index is -0.249. The second kappa shape index (κ2) is 7.63. The molecule has 7 nitrogen and oxygen atoms in total. The number of ether oxygens (including phenoxy) is 1. The Bertz CT molecular complexity index is 940.